The Kier molecular flexibility index (Phi) is 6.45. The fourth-order valence-corrected chi connectivity index (χ4v) is 1.78. The van der Waals surface area contributed by atoms with Crippen molar-refractivity contribution in [3.05, 3.63) is 23.4 Å². The molecule has 0 bridgehead atoms. The lowest BCUT2D eigenvalue weighted by atomic mass is 10.1. The summed E-state index contributed by atoms with van der Waals surface area (Å²) >= 11 is 5.78. The van der Waals surface area contributed by atoms with Gasteiger partial charge < -0.3 is 5.11 Å². The normalized spacial score (nSPS) is 11.9. The summed E-state index contributed by atoms with van der Waals surface area (Å²) in [6, 6.07) is 3.26. The fourth-order valence-electron chi connectivity index (χ4n) is 1.67. The Labute approximate surface area is 123 Å². The van der Waals surface area contributed by atoms with E-state index in [2.05, 4.69) is 4.98 Å². The lowest BCUT2D eigenvalue weighted by molar-refractivity contribution is -0.140. The van der Waals surface area contributed by atoms with Gasteiger partial charge in [-0.3, -0.25) is 14.5 Å². The number of anilines is 1. The Bertz CT molecular complexity index is 462. The average molecular weight is 299 g/mol. The highest BCUT2D eigenvalue weighted by atomic mass is 35.5. The third-order valence-corrected chi connectivity index (χ3v) is 3.14. The van der Waals surface area contributed by atoms with Gasteiger partial charge in [-0.15, -0.1) is 0 Å². The molecule has 0 aliphatic heterocycles. The molecule has 0 radical (unpaired) electrons. The number of carbonyl (C=O) groups is 2. The van der Waals surface area contributed by atoms with Gasteiger partial charge in [0.1, 0.15) is 5.82 Å². The van der Waals surface area contributed by atoms with E-state index < -0.39 is 11.9 Å². The highest BCUT2D eigenvalue weighted by Gasteiger charge is 2.22. The molecule has 1 heterocycles. The molecule has 110 valence electrons. The van der Waals surface area contributed by atoms with E-state index in [1.165, 1.54) is 11.1 Å². The predicted molar refractivity (Wildman–Crippen MR) is 77.9 cm³/mol. The zero-order valence-corrected chi connectivity index (χ0v) is 12.4. The monoisotopic (exact) mass is 298 g/mol. The van der Waals surface area contributed by atoms with Crippen LogP contribution >= 0.6 is 11.6 Å². The lowest BCUT2D eigenvalue weighted by Gasteiger charge is -2.23. The maximum absolute atomic E-state index is 12.2. The molecule has 1 unspecified atom stereocenters. The van der Waals surface area contributed by atoms with Crippen molar-refractivity contribution in [3.63, 3.8) is 0 Å². The molecule has 6 heteroatoms. The van der Waals surface area contributed by atoms with Crippen molar-refractivity contribution in [1.29, 1.82) is 0 Å². The van der Waals surface area contributed by atoms with Crippen LogP contribution in [0.2, 0.25) is 5.02 Å². The van der Waals surface area contributed by atoms with Gasteiger partial charge in [0.05, 0.1) is 10.9 Å². The molecule has 0 aromatic carbocycles. The third kappa shape index (κ3) is 4.81. The first kappa shape index (κ1) is 16.4. The number of carbonyl (C=O) groups excluding carboxylic acids is 1. The van der Waals surface area contributed by atoms with Crippen LogP contribution in [0.25, 0.3) is 0 Å². The van der Waals surface area contributed by atoms with E-state index in [0.717, 1.165) is 12.8 Å². The van der Waals surface area contributed by atoms with Crippen molar-refractivity contribution >= 4 is 29.3 Å². The van der Waals surface area contributed by atoms with E-state index in [4.69, 9.17) is 16.7 Å². The van der Waals surface area contributed by atoms with Crippen molar-refractivity contribution < 1.29 is 14.7 Å². The highest BCUT2D eigenvalue weighted by molar-refractivity contribution is 6.30. The molecule has 0 aliphatic rings. The van der Waals surface area contributed by atoms with Crippen molar-refractivity contribution in [3.8, 4) is 0 Å². The first-order valence-electron chi connectivity index (χ1n) is 6.60. The van der Waals surface area contributed by atoms with Gasteiger partial charge in [0.15, 0.2) is 0 Å². The molecule has 0 saturated heterocycles. The van der Waals surface area contributed by atoms with E-state index in [1.54, 1.807) is 19.1 Å². The SMILES string of the molecule is CCCCC(=O)N(CC(C)C(=O)O)c1ccc(Cl)cn1. The standard InChI is InChI=1S/C14H19ClN2O3/c1-3-4-5-13(18)17(9-10(2)14(19)20)12-7-6-11(15)8-16-12/h6-8,10H,3-5,9H2,1-2H3,(H,19,20). The zero-order chi connectivity index (χ0) is 15.1. The van der Waals surface area contributed by atoms with Crippen LogP contribution < -0.4 is 4.90 Å². The van der Waals surface area contributed by atoms with Gasteiger partial charge >= 0.3 is 5.97 Å². The van der Waals surface area contributed by atoms with E-state index in [-0.39, 0.29) is 12.5 Å². The molecule has 0 aliphatic carbocycles. The maximum atomic E-state index is 12.2. The number of carboxylic acids is 1. The van der Waals surface area contributed by atoms with Crippen LogP contribution in [0, 0.1) is 5.92 Å². The number of aromatic nitrogens is 1. The molecule has 1 amide bonds. The summed E-state index contributed by atoms with van der Waals surface area (Å²) in [4.78, 5) is 28.7. The molecule has 0 saturated carbocycles. The Morgan fingerprint density at radius 2 is 2.15 bits per heavy atom. The van der Waals surface area contributed by atoms with Crippen LogP contribution in [0.15, 0.2) is 18.3 Å². The van der Waals surface area contributed by atoms with Crippen molar-refractivity contribution in [2.45, 2.75) is 33.1 Å². The van der Waals surface area contributed by atoms with Crippen molar-refractivity contribution in [2.75, 3.05) is 11.4 Å². The van der Waals surface area contributed by atoms with Gasteiger partial charge in [-0.25, -0.2) is 4.98 Å². The topological polar surface area (TPSA) is 70.5 Å². The summed E-state index contributed by atoms with van der Waals surface area (Å²) in [5.74, 6) is -1.27. The number of rotatable bonds is 7. The van der Waals surface area contributed by atoms with Gasteiger partial charge in [-0.05, 0) is 18.6 Å². The van der Waals surface area contributed by atoms with Gasteiger partial charge in [-0.1, -0.05) is 31.9 Å². The number of amides is 1. The Balaban J connectivity index is 2.91. The second-order valence-electron chi connectivity index (χ2n) is 4.68. The van der Waals surface area contributed by atoms with E-state index in [1.807, 2.05) is 6.92 Å². The first-order chi connectivity index (χ1) is 9.45. The van der Waals surface area contributed by atoms with E-state index in [9.17, 15) is 9.59 Å². The molecule has 0 fully saturated rings. The predicted octanol–water partition coefficient (Wildman–Crippen LogP) is 2.98. The molecule has 1 aromatic heterocycles. The van der Waals surface area contributed by atoms with E-state index in [0.29, 0.717) is 17.3 Å². The zero-order valence-electron chi connectivity index (χ0n) is 11.7. The highest BCUT2D eigenvalue weighted by Crippen LogP contribution is 2.17. The summed E-state index contributed by atoms with van der Waals surface area (Å²) in [5, 5.41) is 9.47. The van der Waals surface area contributed by atoms with Crippen LogP contribution in [0.4, 0.5) is 5.82 Å². The molecule has 20 heavy (non-hydrogen) atoms. The number of unbranched alkanes of at least 4 members (excludes halogenated alkanes) is 1. The molecule has 1 atom stereocenters. The molecule has 1 rings (SSSR count). The molecular weight excluding hydrogens is 280 g/mol. The number of halogens is 1. The number of aliphatic carboxylic acids is 1. The molecule has 1 N–H and O–H groups in total. The quantitative estimate of drug-likeness (QED) is 0.840. The van der Waals surface area contributed by atoms with Crippen LogP contribution in [0.3, 0.4) is 0 Å². The number of hydrogen-bond acceptors (Lipinski definition) is 3. The lowest BCUT2D eigenvalue weighted by Crippen LogP contribution is -2.37. The van der Waals surface area contributed by atoms with Crippen LogP contribution in [0.1, 0.15) is 33.1 Å². The van der Waals surface area contributed by atoms with Crippen molar-refractivity contribution in [2.24, 2.45) is 5.92 Å². The molecule has 1 aromatic rings. The summed E-state index contributed by atoms with van der Waals surface area (Å²) in [6.07, 6.45) is 3.50. The molecular formula is C14H19ClN2O3. The second kappa shape index (κ2) is 7.85. The smallest absolute Gasteiger partial charge is 0.308 e. The second-order valence-corrected chi connectivity index (χ2v) is 5.12. The maximum Gasteiger partial charge on any atom is 0.308 e. The molecule has 0 spiro atoms. The Morgan fingerprint density at radius 1 is 1.45 bits per heavy atom. The summed E-state index contributed by atoms with van der Waals surface area (Å²) < 4.78 is 0. The minimum atomic E-state index is -0.938. The minimum absolute atomic E-state index is 0.104. The summed E-state index contributed by atoms with van der Waals surface area (Å²) in [7, 11) is 0. The number of pyridine rings is 1. The Morgan fingerprint density at radius 3 is 2.65 bits per heavy atom. The minimum Gasteiger partial charge on any atom is -0.481 e. The first-order valence-corrected chi connectivity index (χ1v) is 6.98. The van der Waals surface area contributed by atoms with Crippen LogP contribution in [-0.2, 0) is 9.59 Å². The summed E-state index contributed by atoms with van der Waals surface area (Å²) in [6.45, 7) is 3.67. The van der Waals surface area contributed by atoms with Gasteiger partial charge in [0.2, 0.25) is 5.91 Å². The largest absolute Gasteiger partial charge is 0.481 e. The fraction of sp³-hybridized carbons (Fsp3) is 0.500. The van der Waals surface area contributed by atoms with E-state index >= 15 is 0 Å². The number of carboxylic acid groups (broad SMARTS) is 1. The third-order valence-electron chi connectivity index (χ3n) is 2.91. The van der Waals surface area contributed by atoms with Crippen LogP contribution in [-0.4, -0.2) is 28.5 Å². The van der Waals surface area contributed by atoms with Gasteiger partial charge in [0.25, 0.3) is 0 Å². The van der Waals surface area contributed by atoms with Gasteiger partial charge in [-0.2, -0.15) is 0 Å². The molecule has 5 nitrogen and oxygen atoms in total. The Hall–Kier alpha value is -1.62. The van der Waals surface area contributed by atoms with Gasteiger partial charge in [0, 0.05) is 19.2 Å². The van der Waals surface area contributed by atoms with Crippen molar-refractivity contribution in [1.82, 2.24) is 4.98 Å². The average Bonchev–Trinajstić information content (AvgIpc) is 2.42. The van der Waals surface area contributed by atoms with Crippen LogP contribution in [0.5, 0.6) is 0 Å². The summed E-state index contributed by atoms with van der Waals surface area (Å²) in [5.41, 5.74) is 0. The number of nitrogens with zero attached hydrogens (tertiary/aromatic N) is 2. The number of hydrogen-bond donors (Lipinski definition) is 1.